The zero-order valence-corrected chi connectivity index (χ0v) is 5.98. The summed E-state index contributed by atoms with van der Waals surface area (Å²) in [5.74, 6) is -0.210. The lowest BCUT2D eigenvalue weighted by Gasteiger charge is -1.99. The third-order valence-corrected chi connectivity index (χ3v) is 0.937. The first-order valence-corrected chi connectivity index (χ1v) is 3.09. The molecule has 0 unspecified atom stereocenters. The fourth-order valence-corrected chi connectivity index (χ4v) is 0.461. The van der Waals surface area contributed by atoms with Crippen molar-refractivity contribution in [2.45, 2.75) is 6.42 Å². The lowest BCUT2D eigenvalue weighted by atomic mass is 10.4. The molecule has 2 N–H and O–H groups in total. The molecular weight excluding hydrogens is 130 g/mol. The maximum atomic E-state index is 10.6. The second-order valence-corrected chi connectivity index (χ2v) is 1.79. The van der Waals surface area contributed by atoms with Crippen LogP contribution >= 0.6 is 0 Å². The summed E-state index contributed by atoms with van der Waals surface area (Å²) in [7, 11) is 1.80. The van der Waals surface area contributed by atoms with Crippen LogP contribution in [0.2, 0.25) is 0 Å². The van der Waals surface area contributed by atoms with Crippen molar-refractivity contribution in [2.24, 2.45) is 0 Å². The highest BCUT2D eigenvalue weighted by Crippen LogP contribution is 1.72. The van der Waals surface area contributed by atoms with Crippen molar-refractivity contribution in [1.29, 1.82) is 5.26 Å². The number of hydrogen-bond donors (Lipinski definition) is 2. The van der Waals surface area contributed by atoms with Gasteiger partial charge >= 0.3 is 0 Å². The van der Waals surface area contributed by atoms with Gasteiger partial charge in [-0.1, -0.05) is 0 Å². The molecule has 56 valence electrons. The molecule has 10 heavy (non-hydrogen) atoms. The number of amides is 1. The van der Waals surface area contributed by atoms with Gasteiger partial charge in [-0.05, 0) is 7.05 Å². The highest BCUT2D eigenvalue weighted by molar-refractivity contribution is 5.77. The first-order valence-electron chi connectivity index (χ1n) is 3.09. The second kappa shape index (κ2) is 6.05. The van der Waals surface area contributed by atoms with Crippen LogP contribution in [0.4, 0.5) is 0 Å². The van der Waals surface area contributed by atoms with Crippen LogP contribution in [0.15, 0.2) is 0 Å². The number of nitrogens with one attached hydrogen (secondary N) is 2. The maximum Gasteiger partial charge on any atom is 0.234 e. The molecule has 0 bridgehead atoms. The van der Waals surface area contributed by atoms with Gasteiger partial charge in [0.25, 0.3) is 0 Å². The van der Waals surface area contributed by atoms with Crippen LogP contribution in [0.3, 0.4) is 0 Å². The van der Waals surface area contributed by atoms with Gasteiger partial charge in [0.2, 0.25) is 5.91 Å². The Kier molecular flexibility index (Phi) is 5.39. The molecule has 4 nitrogen and oxygen atoms in total. The van der Waals surface area contributed by atoms with Crippen molar-refractivity contribution < 1.29 is 4.79 Å². The van der Waals surface area contributed by atoms with Gasteiger partial charge in [0.05, 0.1) is 6.07 Å². The number of nitriles is 1. The Morgan fingerprint density at radius 2 is 2.30 bits per heavy atom. The molecule has 0 rings (SSSR count). The minimum Gasteiger partial charge on any atom is -0.354 e. The van der Waals surface area contributed by atoms with E-state index in [1.807, 2.05) is 0 Å². The highest BCUT2D eigenvalue weighted by Gasteiger charge is 1.95. The number of likely N-dealkylation sites (N-methyl/N-ethyl adjacent to an activating group) is 1. The van der Waals surface area contributed by atoms with Gasteiger partial charge in [0.15, 0.2) is 0 Å². The van der Waals surface area contributed by atoms with E-state index in [-0.39, 0.29) is 12.3 Å². The summed E-state index contributed by atoms with van der Waals surface area (Å²) >= 11 is 0. The predicted octanol–water partition coefficient (Wildman–Crippen LogP) is -0.764. The van der Waals surface area contributed by atoms with E-state index in [1.165, 1.54) is 0 Å². The molecule has 0 saturated heterocycles. The van der Waals surface area contributed by atoms with E-state index in [0.29, 0.717) is 6.54 Å². The molecular formula is C6H11N3O. The Morgan fingerprint density at radius 1 is 1.60 bits per heavy atom. The molecule has 0 heterocycles. The normalized spacial score (nSPS) is 8.40. The van der Waals surface area contributed by atoms with E-state index in [0.717, 1.165) is 6.54 Å². The molecule has 0 aromatic rings. The van der Waals surface area contributed by atoms with Gasteiger partial charge < -0.3 is 10.6 Å². The third kappa shape index (κ3) is 5.06. The molecule has 0 saturated carbocycles. The Balaban J connectivity index is 3.15. The number of rotatable bonds is 4. The number of carbonyl (C=O) groups excluding carboxylic acids is 1. The van der Waals surface area contributed by atoms with Crippen molar-refractivity contribution in [2.75, 3.05) is 20.1 Å². The van der Waals surface area contributed by atoms with Crippen LogP contribution in [0.25, 0.3) is 0 Å². The standard InChI is InChI=1S/C6H11N3O/c1-8-4-5-9-6(10)2-3-7/h8H,2,4-5H2,1H3,(H,9,10). The average molecular weight is 141 g/mol. The lowest BCUT2D eigenvalue weighted by Crippen LogP contribution is -2.29. The van der Waals surface area contributed by atoms with Crippen LogP contribution in [0, 0.1) is 11.3 Å². The molecule has 0 aromatic heterocycles. The molecule has 0 aliphatic rings. The Morgan fingerprint density at radius 3 is 2.80 bits per heavy atom. The fraction of sp³-hybridized carbons (Fsp3) is 0.667. The van der Waals surface area contributed by atoms with Gasteiger partial charge in [0, 0.05) is 13.1 Å². The van der Waals surface area contributed by atoms with Gasteiger partial charge in [0.1, 0.15) is 6.42 Å². The second-order valence-electron chi connectivity index (χ2n) is 1.79. The SMILES string of the molecule is CNCCNC(=O)CC#N. The van der Waals surface area contributed by atoms with Crippen molar-refractivity contribution in [1.82, 2.24) is 10.6 Å². The van der Waals surface area contributed by atoms with E-state index in [4.69, 9.17) is 5.26 Å². The summed E-state index contributed by atoms with van der Waals surface area (Å²) in [6.45, 7) is 1.31. The molecule has 0 aliphatic heterocycles. The molecule has 1 amide bonds. The van der Waals surface area contributed by atoms with Crippen molar-refractivity contribution in [3.05, 3.63) is 0 Å². The first kappa shape index (κ1) is 8.92. The monoisotopic (exact) mass is 141 g/mol. The van der Waals surface area contributed by atoms with Crippen LogP contribution in [-0.4, -0.2) is 26.0 Å². The number of nitrogens with zero attached hydrogens (tertiary/aromatic N) is 1. The number of hydrogen-bond acceptors (Lipinski definition) is 3. The third-order valence-electron chi connectivity index (χ3n) is 0.937. The van der Waals surface area contributed by atoms with E-state index >= 15 is 0 Å². The molecule has 0 fully saturated rings. The molecule has 0 aromatic carbocycles. The largest absolute Gasteiger partial charge is 0.354 e. The van der Waals surface area contributed by atoms with E-state index in [2.05, 4.69) is 10.6 Å². The van der Waals surface area contributed by atoms with Crippen molar-refractivity contribution in [3.63, 3.8) is 0 Å². The average Bonchev–Trinajstić information content (AvgIpc) is 1.89. The lowest BCUT2D eigenvalue weighted by molar-refractivity contribution is -0.120. The molecule has 0 atom stereocenters. The maximum absolute atomic E-state index is 10.6. The smallest absolute Gasteiger partial charge is 0.234 e. The minimum atomic E-state index is -0.210. The van der Waals surface area contributed by atoms with E-state index < -0.39 is 0 Å². The van der Waals surface area contributed by atoms with Gasteiger partial charge in [-0.3, -0.25) is 4.79 Å². The molecule has 0 spiro atoms. The Bertz CT molecular complexity index is 138. The zero-order chi connectivity index (χ0) is 7.82. The van der Waals surface area contributed by atoms with E-state index in [9.17, 15) is 4.79 Å². The van der Waals surface area contributed by atoms with Crippen LogP contribution in [-0.2, 0) is 4.79 Å². The summed E-state index contributed by atoms with van der Waals surface area (Å²) in [6, 6.07) is 1.76. The van der Waals surface area contributed by atoms with Crippen LogP contribution < -0.4 is 10.6 Å². The molecule has 0 aliphatic carbocycles. The quantitative estimate of drug-likeness (QED) is 0.505. The van der Waals surface area contributed by atoms with Crippen molar-refractivity contribution >= 4 is 5.91 Å². The molecule has 4 heteroatoms. The Hall–Kier alpha value is -1.08. The Labute approximate surface area is 60.2 Å². The fourth-order valence-electron chi connectivity index (χ4n) is 0.461. The first-order chi connectivity index (χ1) is 4.81. The molecule has 0 radical (unpaired) electrons. The summed E-state index contributed by atoms with van der Waals surface area (Å²) < 4.78 is 0. The number of carbonyl (C=O) groups is 1. The van der Waals surface area contributed by atoms with Gasteiger partial charge in [-0.15, -0.1) is 0 Å². The van der Waals surface area contributed by atoms with Gasteiger partial charge in [-0.2, -0.15) is 5.26 Å². The topological polar surface area (TPSA) is 64.9 Å². The van der Waals surface area contributed by atoms with Crippen LogP contribution in [0.5, 0.6) is 0 Å². The summed E-state index contributed by atoms with van der Waals surface area (Å²) in [6.07, 6.45) is -0.0519. The highest BCUT2D eigenvalue weighted by atomic mass is 16.1. The van der Waals surface area contributed by atoms with Crippen molar-refractivity contribution in [3.8, 4) is 6.07 Å². The van der Waals surface area contributed by atoms with Gasteiger partial charge in [-0.25, -0.2) is 0 Å². The predicted molar refractivity (Wildman–Crippen MR) is 37.2 cm³/mol. The van der Waals surface area contributed by atoms with Crippen LogP contribution in [0.1, 0.15) is 6.42 Å². The summed E-state index contributed by atoms with van der Waals surface area (Å²) in [5, 5.41) is 13.5. The summed E-state index contributed by atoms with van der Waals surface area (Å²) in [4.78, 5) is 10.6. The zero-order valence-electron chi connectivity index (χ0n) is 5.98. The minimum absolute atomic E-state index is 0.0519. The van der Waals surface area contributed by atoms with E-state index in [1.54, 1.807) is 13.1 Å². The summed E-state index contributed by atoms with van der Waals surface area (Å²) in [5.41, 5.74) is 0.